The third kappa shape index (κ3) is 3.35. The Labute approximate surface area is 194 Å². The van der Waals surface area contributed by atoms with Gasteiger partial charge in [-0.3, -0.25) is 14.2 Å². The number of aromatic nitrogens is 2. The Kier molecular flexibility index (Phi) is 5.18. The topological polar surface area (TPSA) is 55.2 Å². The summed E-state index contributed by atoms with van der Waals surface area (Å²) in [6.07, 6.45) is 0.340. The molecular weight excluding hydrogens is 466 g/mol. The van der Waals surface area contributed by atoms with Gasteiger partial charge >= 0.3 is 0 Å². The van der Waals surface area contributed by atoms with Crippen molar-refractivity contribution in [1.29, 1.82) is 0 Å². The summed E-state index contributed by atoms with van der Waals surface area (Å²) in [6, 6.07) is 21.1. The Bertz CT molecular complexity index is 1410. The zero-order valence-corrected chi connectivity index (χ0v) is 19.5. The molecule has 0 N–H and O–H groups in total. The number of rotatable bonds is 4. The van der Waals surface area contributed by atoms with Crippen molar-refractivity contribution in [2.24, 2.45) is 0 Å². The highest BCUT2D eigenvalue weighted by Gasteiger charge is 2.37. The van der Waals surface area contributed by atoms with E-state index in [2.05, 4.69) is 15.9 Å². The molecule has 0 saturated carbocycles. The third-order valence-electron chi connectivity index (χ3n) is 6.06. The number of benzene rings is 3. The van der Waals surface area contributed by atoms with Gasteiger partial charge in [0.2, 0.25) is 5.91 Å². The number of aryl methyl sites for hydroxylation is 1. The van der Waals surface area contributed by atoms with Crippen molar-refractivity contribution in [3.63, 3.8) is 0 Å². The molecule has 0 spiro atoms. The molecule has 1 aliphatic rings. The van der Waals surface area contributed by atoms with E-state index in [1.165, 1.54) is 0 Å². The molecule has 1 aromatic heterocycles. The van der Waals surface area contributed by atoms with Crippen LogP contribution >= 0.6 is 15.9 Å². The predicted octanol–water partition coefficient (Wildman–Crippen LogP) is 5.15. The average molecular weight is 488 g/mol. The van der Waals surface area contributed by atoms with Crippen LogP contribution in [0.2, 0.25) is 0 Å². The largest absolute Gasteiger partial charge is 0.312 e. The minimum atomic E-state index is -0.396. The summed E-state index contributed by atoms with van der Waals surface area (Å²) in [5.41, 5.74) is 4.27. The van der Waals surface area contributed by atoms with Gasteiger partial charge in [0.05, 0.1) is 22.5 Å². The van der Waals surface area contributed by atoms with Crippen LogP contribution in [0.3, 0.4) is 0 Å². The first-order valence-electron chi connectivity index (χ1n) is 10.7. The molecule has 0 fully saturated rings. The number of carbonyl (C=O) groups excluding carboxylic acids is 1. The Balaban J connectivity index is 1.70. The summed E-state index contributed by atoms with van der Waals surface area (Å²) in [4.78, 5) is 33.5. The smallest absolute Gasteiger partial charge is 0.265 e. The molecule has 32 heavy (non-hydrogen) atoms. The lowest BCUT2D eigenvalue weighted by molar-refractivity contribution is -0.119. The molecule has 160 valence electrons. The van der Waals surface area contributed by atoms with Gasteiger partial charge in [-0.25, -0.2) is 4.98 Å². The van der Waals surface area contributed by atoms with Crippen molar-refractivity contribution in [1.82, 2.24) is 9.55 Å². The number of para-hydroxylation sites is 1. The highest BCUT2D eigenvalue weighted by atomic mass is 79.9. The summed E-state index contributed by atoms with van der Waals surface area (Å²) >= 11 is 3.54. The van der Waals surface area contributed by atoms with E-state index in [4.69, 9.17) is 4.98 Å². The minimum absolute atomic E-state index is 0.0402. The first kappa shape index (κ1) is 20.6. The van der Waals surface area contributed by atoms with Gasteiger partial charge in [0.1, 0.15) is 5.82 Å². The second kappa shape index (κ2) is 8.02. The van der Waals surface area contributed by atoms with Gasteiger partial charge in [0.25, 0.3) is 5.56 Å². The number of hydrogen-bond acceptors (Lipinski definition) is 3. The maximum absolute atomic E-state index is 13.5. The van der Waals surface area contributed by atoms with Crippen LogP contribution < -0.4 is 10.5 Å². The summed E-state index contributed by atoms with van der Waals surface area (Å²) in [6.45, 7) is 4.58. The molecule has 0 saturated heterocycles. The quantitative estimate of drug-likeness (QED) is 0.399. The molecule has 6 heteroatoms. The Morgan fingerprint density at radius 1 is 1.00 bits per heavy atom. The van der Waals surface area contributed by atoms with Crippen molar-refractivity contribution in [3.8, 4) is 5.69 Å². The lowest BCUT2D eigenvalue weighted by Crippen LogP contribution is -2.31. The number of fused-ring (bicyclic) bond motifs is 2. The first-order valence-corrected chi connectivity index (χ1v) is 11.5. The molecule has 0 radical (unpaired) electrons. The van der Waals surface area contributed by atoms with Crippen LogP contribution in [0.25, 0.3) is 16.6 Å². The summed E-state index contributed by atoms with van der Waals surface area (Å²) in [5, 5.41) is 0.563. The van der Waals surface area contributed by atoms with Gasteiger partial charge in [-0.15, -0.1) is 0 Å². The summed E-state index contributed by atoms with van der Waals surface area (Å²) in [5.74, 6) is 0.227. The standard InChI is InChI=1S/C26H22BrN3O2/c1-3-29-23-13-10-17(27)14-20(23)21(25(29)31)15-24-28-22-7-5-4-6-19(22)26(32)30(24)18-11-8-16(2)9-12-18/h4-14,21H,3,15H2,1-2H3/t21-/m1/s1. The van der Waals surface area contributed by atoms with Crippen LogP contribution in [0.4, 0.5) is 5.69 Å². The average Bonchev–Trinajstić information content (AvgIpc) is 3.05. The number of nitrogens with zero attached hydrogens (tertiary/aromatic N) is 3. The van der Waals surface area contributed by atoms with E-state index in [1.54, 1.807) is 10.6 Å². The van der Waals surface area contributed by atoms with Crippen molar-refractivity contribution in [2.75, 3.05) is 11.4 Å². The van der Waals surface area contributed by atoms with E-state index in [9.17, 15) is 9.59 Å². The monoisotopic (exact) mass is 487 g/mol. The van der Waals surface area contributed by atoms with Crippen molar-refractivity contribution in [3.05, 3.63) is 98.5 Å². The molecule has 1 aliphatic heterocycles. The lowest BCUT2D eigenvalue weighted by Gasteiger charge is -2.17. The zero-order chi connectivity index (χ0) is 22.4. The van der Waals surface area contributed by atoms with Gasteiger partial charge in [0, 0.05) is 23.1 Å². The fourth-order valence-electron chi connectivity index (χ4n) is 4.47. The van der Waals surface area contributed by atoms with Crippen LogP contribution in [0.1, 0.15) is 29.8 Å². The first-order chi connectivity index (χ1) is 15.5. The highest BCUT2D eigenvalue weighted by Crippen LogP contribution is 2.40. The Hall–Kier alpha value is -3.25. The zero-order valence-electron chi connectivity index (χ0n) is 17.9. The molecule has 0 bridgehead atoms. The molecule has 0 aliphatic carbocycles. The number of hydrogen-bond donors (Lipinski definition) is 0. The van der Waals surface area contributed by atoms with E-state index < -0.39 is 5.92 Å². The molecule has 3 aromatic carbocycles. The Morgan fingerprint density at radius 3 is 2.50 bits per heavy atom. The van der Waals surface area contributed by atoms with E-state index in [0.29, 0.717) is 29.7 Å². The van der Waals surface area contributed by atoms with Crippen LogP contribution in [0, 0.1) is 6.92 Å². The minimum Gasteiger partial charge on any atom is -0.312 e. The molecule has 1 atom stereocenters. The van der Waals surface area contributed by atoms with Crippen LogP contribution in [0.5, 0.6) is 0 Å². The third-order valence-corrected chi connectivity index (χ3v) is 6.55. The lowest BCUT2D eigenvalue weighted by atomic mass is 9.96. The second-order valence-electron chi connectivity index (χ2n) is 8.06. The maximum atomic E-state index is 13.5. The molecule has 5 rings (SSSR count). The normalized spacial score (nSPS) is 15.4. The van der Waals surface area contributed by atoms with Gasteiger partial charge in [-0.1, -0.05) is 45.8 Å². The maximum Gasteiger partial charge on any atom is 0.265 e. The van der Waals surface area contributed by atoms with E-state index in [-0.39, 0.29) is 11.5 Å². The molecule has 2 heterocycles. The highest BCUT2D eigenvalue weighted by molar-refractivity contribution is 9.10. The predicted molar refractivity (Wildman–Crippen MR) is 131 cm³/mol. The number of likely N-dealkylation sites (N-methyl/N-ethyl adjacent to an activating group) is 1. The van der Waals surface area contributed by atoms with Crippen molar-refractivity contribution in [2.45, 2.75) is 26.2 Å². The van der Waals surface area contributed by atoms with Crippen molar-refractivity contribution >= 4 is 38.4 Å². The molecule has 5 nitrogen and oxygen atoms in total. The van der Waals surface area contributed by atoms with Gasteiger partial charge in [0.15, 0.2) is 0 Å². The SMILES string of the molecule is CCN1C(=O)[C@H](Cc2nc3ccccc3c(=O)n2-c2ccc(C)cc2)c2cc(Br)ccc21. The molecular formula is C26H22BrN3O2. The summed E-state index contributed by atoms with van der Waals surface area (Å²) < 4.78 is 2.58. The van der Waals surface area contributed by atoms with Crippen LogP contribution in [-0.4, -0.2) is 22.0 Å². The molecule has 0 unspecified atom stereocenters. The number of halogens is 1. The Morgan fingerprint density at radius 2 is 1.75 bits per heavy atom. The fraction of sp³-hybridized carbons (Fsp3) is 0.192. The number of carbonyl (C=O) groups is 1. The summed E-state index contributed by atoms with van der Waals surface area (Å²) in [7, 11) is 0. The van der Waals surface area contributed by atoms with Gasteiger partial charge in [-0.05, 0) is 61.9 Å². The van der Waals surface area contributed by atoms with Crippen molar-refractivity contribution < 1.29 is 4.79 Å². The second-order valence-corrected chi connectivity index (χ2v) is 8.98. The van der Waals surface area contributed by atoms with E-state index in [0.717, 1.165) is 27.0 Å². The number of amides is 1. The molecule has 4 aromatic rings. The van der Waals surface area contributed by atoms with Gasteiger partial charge in [-0.2, -0.15) is 0 Å². The molecule has 1 amide bonds. The van der Waals surface area contributed by atoms with Gasteiger partial charge < -0.3 is 4.90 Å². The van der Waals surface area contributed by atoms with E-state index >= 15 is 0 Å². The van der Waals surface area contributed by atoms with Crippen LogP contribution in [-0.2, 0) is 11.2 Å². The fourth-order valence-corrected chi connectivity index (χ4v) is 4.85. The van der Waals surface area contributed by atoms with Crippen LogP contribution in [0.15, 0.2) is 76.0 Å². The van der Waals surface area contributed by atoms with E-state index in [1.807, 2.05) is 79.4 Å². The number of anilines is 1.